The summed E-state index contributed by atoms with van der Waals surface area (Å²) in [5.41, 5.74) is 1.02. The molecule has 0 bridgehead atoms. The van der Waals surface area contributed by atoms with Crippen molar-refractivity contribution in [3.05, 3.63) is 42.0 Å². The van der Waals surface area contributed by atoms with Crippen molar-refractivity contribution in [1.29, 1.82) is 0 Å². The van der Waals surface area contributed by atoms with Crippen LogP contribution in [0.2, 0.25) is 0 Å². The summed E-state index contributed by atoms with van der Waals surface area (Å²) in [5.74, 6) is 0. The molecule has 0 fully saturated rings. The first kappa shape index (κ1) is 13.9. The lowest BCUT2D eigenvalue weighted by atomic mass is 10.2. The van der Waals surface area contributed by atoms with Gasteiger partial charge in [-0.3, -0.25) is 4.18 Å². The monoisotopic (exact) mass is 254 g/mol. The van der Waals surface area contributed by atoms with Crippen molar-refractivity contribution in [2.45, 2.75) is 31.6 Å². The minimum Gasteiger partial charge on any atom is -0.262 e. The SMILES string of the molecule is CCC/C=C/COS(=O)(=O)c1ccc(C)cc1. The zero-order valence-corrected chi connectivity index (χ0v) is 11.0. The first-order valence-electron chi connectivity index (χ1n) is 5.67. The van der Waals surface area contributed by atoms with Gasteiger partial charge in [-0.25, -0.2) is 0 Å². The molecule has 1 aromatic carbocycles. The van der Waals surface area contributed by atoms with Crippen LogP contribution in [0.3, 0.4) is 0 Å². The van der Waals surface area contributed by atoms with E-state index in [2.05, 4.69) is 6.92 Å². The summed E-state index contributed by atoms with van der Waals surface area (Å²) in [4.78, 5) is 0.201. The van der Waals surface area contributed by atoms with Gasteiger partial charge >= 0.3 is 0 Å². The number of rotatable bonds is 6. The van der Waals surface area contributed by atoms with E-state index >= 15 is 0 Å². The van der Waals surface area contributed by atoms with Crippen molar-refractivity contribution < 1.29 is 12.6 Å². The molecule has 0 heterocycles. The number of aryl methyl sites for hydroxylation is 1. The van der Waals surface area contributed by atoms with E-state index in [0.717, 1.165) is 18.4 Å². The van der Waals surface area contributed by atoms with Crippen LogP contribution in [0.5, 0.6) is 0 Å². The Balaban J connectivity index is 2.60. The topological polar surface area (TPSA) is 43.4 Å². The highest BCUT2D eigenvalue weighted by molar-refractivity contribution is 7.86. The fourth-order valence-corrected chi connectivity index (χ4v) is 2.12. The second kappa shape index (κ2) is 6.57. The van der Waals surface area contributed by atoms with Gasteiger partial charge in [0.25, 0.3) is 10.1 Å². The van der Waals surface area contributed by atoms with E-state index < -0.39 is 10.1 Å². The molecule has 0 aliphatic carbocycles. The molecule has 0 aliphatic rings. The van der Waals surface area contributed by atoms with Gasteiger partial charge in [0, 0.05) is 0 Å². The molecule has 0 aromatic heterocycles. The van der Waals surface area contributed by atoms with Gasteiger partial charge in [0.05, 0.1) is 11.5 Å². The molecule has 0 unspecified atom stereocenters. The molecular formula is C13H18O3S. The van der Waals surface area contributed by atoms with Gasteiger partial charge in [-0.15, -0.1) is 0 Å². The molecular weight excluding hydrogens is 236 g/mol. The van der Waals surface area contributed by atoms with Gasteiger partial charge in [0.2, 0.25) is 0 Å². The van der Waals surface area contributed by atoms with Crippen molar-refractivity contribution >= 4 is 10.1 Å². The lowest BCUT2D eigenvalue weighted by molar-refractivity contribution is 0.357. The summed E-state index contributed by atoms with van der Waals surface area (Å²) < 4.78 is 28.3. The Morgan fingerprint density at radius 3 is 2.41 bits per heavy atom. The van der Waals surface area contributed by atoms with Gasteiger partial charge in [-0.1, -0.05) is 43.2 Å². The second-order valence-electron chi connectivity index (χ2n) is 3.81. The highest BCUT2D eigenvalue weighted by Gasteiger charge is 2.13. The predicted molar refractivity (Wildman–Crippen MR) is 68.4 cm³/mol. The highest BCUT2D eigenvalue weighted by Crippen LogP contribution is 2.13. The molecule has 1 aromatic rings. The minimum absolute atomic E-state index is 0.0935. The Labute approximate surface area is 103 Å². The highest BCUT2D eigenvalue weighted by atomic mass is 32.2. The molecule has 0 radical (unpaired) electrons. The van der Waals surface area contributed by atoms with E-state index in [1.165, 1.54) is 0 Å². The zero-order valence-electron chi connectivity index (χ0n) is 10.2. The molecule has 0 aliphatic heterocycles. The molecule has 0 spiro atoms. The predicted octanol–water partition coefficient (Wildman–Crippen LogP) is 3.06. The van der Waals surface area contributed by atoms with Crippen LogP contribution in [0.15, 0.2) is 41.3 Å². The smallest absolute Gasteiger partial charge is 0.262 e. The number of hydrogen-bond donors (Lipinski definition) is 0. The van der Waals surface area contributed by atoms with Crippen molar-refractivity contribution in [3.8, 4) is 0 Å². The largest absolute Gasteiger partial charge is 0.297 e. The third kappa shape index (κ3) is 4.71. The Morgan fingerprint density at radius 2 is 1.82 bits per heavy atom. The minimum atomic E-state index is -3.62. The second-order valence-corrected chi connectivity index (χ2v) is 5.43. The van der Waals surface area contributed by atoms with E-state index in [4.69, 9.17) is 4.18 Å². The van der Waals surface area contributed by atoms with Crippen LogP contribution in [-0.4, -0.2) is 15.0 Å². The lowest BCUT2D eigenvalue weighted by Crippen LogP contribution is -2.06. The summed E-state index contributed by atoms with van der Waals surface area (Å²) in [5, 5.41) is 0. The van der Waals surface area contributed by atoms with E-state index in [1.54, 1.807) is 30.3 Å². The van der Waals surface area contributed by atoms with Crippen molar-refractivity contribution in [3.63, 3.8) is 0 Å². The summed E-state index contributed by atoms with van der Waals surface area (Å²) in [6, 6.07) is 6.62. The average Bonchev–Trinajstić information content (AvgIpc) is 2.29. The molecule has 3 nitrogen and oxygen atoms in total. The Hall–Kier alpha value is -1.13. The van der Waals surface area contributed by atoms with Gasteiger partial charge in [0.1, 0.15) is 0 Å². The first-order chi connectivity index (χ1) is 8.06. The number of unbranched alkanes of at least 4 members (excludes halogenated alkanes) is 1. The van der Waals surface area contributed by atoms with Crippen LogP contribution < -0.4 is 0 Å². The lowest BCUT2D eigenvalue weighted by Gasteiger charge is -2.03. The normalized spacial score (nSPS) is 12.1. The van der Waals surface area contributed by atoms with Gasteiger partial charge in [-0.05, 0) is 25.5 Å². The van der Waals surface area contributed by atoms with Crippen molar-refractivity contribution in [1.82, 2.24) is 0 Å². The zero-order chi connectivity index (χ0) is 12.7. The van der Waals surface area contributed by atoms with Gasteiger partial charge in [0.15, 0.2) is 0 Å². The number of benzene rings is 1. The summed E-state index contributed by atoms with van der Waals surface area (Å²) >= 11 is 0. The van der Waals surface area contributed by atoms with E-state index in [1.807, 2.05) is 13.0 Å². The maximum absolute atomic E-state index is 11.7. The summed E-state index contributed by atoms with van der Waals surface area (Å²) in [6.45, 7) is 4.06. The third-order valence-corrected chi connectivity index (χ3v) is 3.55. The summed E-state index contributed by atoms with van der Waals surface area (Å²) in [6.07, 6.45) is 5.63. The van der Waals surface area contributed by atoms with Gasteiger partial charge < -0.3 is 0 Å². The van der Waals surface area contributed by atoms with Crippen LogP contribution in [0.4, 0.5) is 0 Å². The maximum Gasteiger partial charge on any atom is 0.297 e. The molecule has 0 N–H and O–H groups in total. The summed E-state index contributed by atoms with van der Waals surface area (Å²) in [7, 11) is -3.62. The van der Waals surface area contributed by atoms with E-state index in [9.17, 15) is 8.42 Å². The van der Waals surface area contributed by atoms with E-state index in [0.29, 0.717) is 0 Å². The fourth-order valence-electron chi connectivity index (χ4n) is 1.25. The molecule has 0 atom stereocenters. The molecule has 94 valence electrons. The quantitative estimate of drug-likeness (QED) is 0.579. The Kier molecular flexibility index (Phi) is 5.38. The van der Waals surface area contributed by atoms with Crippen LogP contribution in [0, 0.1) is 6.92 Å². The molecule has 0 saturated heterocycles. The van der Waals surface area contributed by atoms with Crippen LogP contribution in [0.1, 0.15) is 25.3 Å². The van der Waals surface area contributed by atoms with Crippen LogP contribution >= 0.6 is 0 Å². The molecule has 0 saturated carbocycles. The third-order valence-electron chi connectivity index (χ3n) is 2.25. The molecule has 1 rings (SSSR count). The van der Waals surface area contributed by atoms with Crippen molar-refractivity contribution in [2.75, 3.05) is 6.61 Å². The molecule has 4 heteroatoms. The maximum atomic E-state index is 11.7. The van der Waals surface area contributed by atoms with Gasteiger partial charge in [-0.2, -0.15) is 8.42 Å². The number of hydrogen-bond acceptors (Lipinski definition) is 3. The molecule has 17 heavy (non-hydrogen) atoms. The van der Waals surface area contributed by atoms with Crippen LogP contribution in [-0.2, 0) is 14.3 Å². The first-order valence-corrected chi connectivity index (χ1v) is 7.08. The van der Waals surface area contributed by atoms with Crippen LogP contribution in [0.25, 0.3) is 0 Å². The standard InChI is InChI=1S/C13H18O3S/c1-3-4-5-6-11-16-17(14,15)13-9-7-12(2)8-10-13/h5-10H,3-4,11H2,1-2H3/b6-5+. The average molecular weight is 254 g/mol. The van der Waals surface area contributed by atoms with E-state index in [-0.39, 0.29) is 11.5 Å². The Morgan fingerprint density at radius 1 is 1.18 bits per heavy atom. The molecule has 0 amide bonds. The number of allylic oxidation sites excluding steroid dienone is 1. The Bertz CT molecular complexity index is 458. The van der Waals surface area contributed by atoms with Crippen molar-refractivity contribution in [2.24, 2.45) is 0 Å². The fraction of sp³-hybridized carbons (Fsp3) is 0.385.